The summed E-state index contributed by atoms with van der Waals surface area (Å²) in [6, 6.07) is 33.3. The van der Waals surface area contributed by atoms with Gasteiger partial charge in [-0.2, -0.15) is 4.57 Å². The van der Waals surface area contributed by atoms with Crippen LogP contribution in [0.1, 0.15) is 18.1 Å². The van der Waals surface area contributed by atoms with Gasteiger partial charge in [0.05, 0.1) is 0 Å². The van der Waals surface area contributed by atoms with Crippen LogP contribution in [0.5, 0.6) is 0 Å². The summed E-state index contributed by atoms with van der Waals surface area (Å²) in [6.45, 7) is 2.31. The third-order valence-electron chi connectivity index (χ3n) is 9.24. The first kappa shape index (κ1) is 23.2. The fourth-order valence-electron chi connectivity index (χ4n) is 6.94. The first-order valence-electron chi connectivity index (χ1n) is 14.3. The quantitative estimate of drug-likeness (QED) is 0.246. The number of aromatic nitrogens is 1. The molecule has 4 heteroatoms. The molecule has 4 heterocycles. The van der Waals surface area contributed by atoms with Crippen LogP contribution in [0, 0.1) is 0 Å². The molecule has 185 valence electrons. The normalized spacial score (nSPS) is 18.3. The summed E-state index contributed by atoms with van der Waals surface area (Å²) in [7, 11) is 6.94. The minimum atomic E-state index is -0.177. The molecule has 3 radical (unpaired) electrons. The van der Waals surface area contributed by atoms with Gasteiger partial charge in [-0.15, -0.1) is 0 Å². The maximum absolute atomic E-state index is 2.37. The Hall–Kier alpha value is -4.56. The zero-order valence-corrected chi connectivity index (χ0v) is 22.8. The van der Waals surface area contributed by atoms with E-state index in [-0.39, 0.29) is 5.41 Å². The first-order chi connectivity index (χ1) is 20.1. The van der Waals surface area contributed by atoms with E-state index in [4.69, 9.17) is 0 Å². The van der Waals surface area contributed by atoms with Gasteiger partial charge in [-0.05, 0) is 57.4 Å². The van der Waals surface area contributed by atoms with Gasteiger partial charge in [0.25, 0.3) is 0 Å². The number of hydrogen-bond acceptors (Lipinski definition) is 0. The lowest BCUT2D eigenvalue weighted by Gasteiger charge is -2.23. The van der Waals surface area contributed by atoms with Crippen LogP contribution in [0.4, 0.5) is 0 Å². The van der Waals surface area contributed by atoms with Crippen molar-refractivity contribution in [1.29, 1.82) is 0 Å². The Balaban J connectivity index is 1.01. The molecular formula is C37H24B3N+. The Labute approximate surface area is 243 Å². The van der Waals surface area contributed by atoms with E-state index < -0.39 is 0 Å². The minimum Gasteiger partial charge on any atom is -0.168 e. The Morgan fingerprint density at radius 1 is 0.561 bits per heavy atom. The number of allylic oxidation sites excluding steroid dienone is 6. The van der Waals surface area contributed by atoms with Gasteiger partial charge < -0.3 is 0 Å². The molecule has 4 aromatic carbocycles. The third kappa shape index (κ3) is 3.50. The van der Waals surface area contributed by atoms with Crippen molar-refractivity contribution in [2.24, 2.45) is 0 Å². The molecule has 1 atom stereocenters. The molecular weight excluding hydrogens is 491 g/mol. The van der Waals surface area contributed by atoms with Crippen LogP contribution in [-0.4, -0.2) is 21.8 Å². The van der Waals surface area contributed by atoms with Gasteiger partial charge in [-0.1, -0.05) is 118 Å². The van der Waals surface area contributed by atoms with Gasteiger partial charge in [0.1, 0.15) is 0 Å². The smallest absolute Gasteiger partial charge is 0.168 e. The van der Waals surface area contributed by atoms with Crippen LogP contribution in [0.2, 0.25) is 0 Å². The third-order valence-corrected chi connectivity index (χ3v) is 9.24. The Kier molecular flexibility index (Phi) is 4.79. The standard InChI is InChI=1S/C37H24B3N/c1-37(23-10-12-27-25-6-2-4-8-31(25)38-34(27)20-23)17-14-29-30-16-19-41(22-36(30)40-33(29)15-18-37)24-11-13-28-26-7-3-5-9-32(26)39-35(28)21-24/h2-22H,1H3/q+1. The summed E-state index contributed by atoms with van der Waals surface area (Å²) in [5.74, 6) is 0. The molecule has 41 heavy (non-hydrogen) atoms. The Morgan fingerprint density at radius 3 is 2.00 bits per heavy atom. The molecule has 1 aliphatic carbocycles. The monoisotopic (exact) mass is 515 g/mol. The summed E-state index contributed by atoms with van der Waals surface area (Å²) in [6.07, 6.45) is 13.8. The van der Waals surface area contributed by atoms with Crippen LogP contribution in [0.3, 0.4) is 0 Å². The Morgan fingerprint density at radius 2 is 1.22 bits per heavy atom. The van der Waals surface area contributed by atoms with Crippen molar-refractivity contribution in [2.75, 3.05) is 0 Å². The second-order valence-corrected chi connectivity index (χ2v) is 11.7. The number of nitrogens with zero attached hydrogens (tertiary/aromatic N) is 1. The van der Waals surface area contributed by atoms with Crippen molar-refractivity contribution in [2.45, 2.75) is 12.3 Å². The van der Waals surface area contributed by atoms with Crippen molar-refractivity contribution in [3.8, 4) is 27.9 Å². The zero-order chi connectivity index (χ0) is 27.1. The molecule has 9 rings (SSSR count). The molecule has 0 bridgehead atoms. The largest absolute Gasteiger partial charge is 0.210 e. The van der Waals surface area contributed by atoms with Crippen molar-refractivity contribution in [1.82, 2.24) is 0 Å². The molecule has 0 saturated heterocycles. The van der Waals surface area contributed by atoms with E-state index in [2.05, 4.69) is 161 Å². The van der Waals surface area contributed by atoms with Crippen LogP contribution < -0.4 is 31.9 Å². The van der Waals surface area contributed by atoms with Crippen LogP contribution in [0.15, 0.2) is 133 Å². The molecule has 1 nitrogen and oxygen atoms in total. The van der Waals surface area contributed by atoms with Crippen LogP contribution in [-0.2, 0) is 5.41 Å². The number of fused-ring (bicyclic) bond motifs is 8. The highest BCUT2D eigenvalue weighted by Crippen LogP contribution is 2.36. The highest BCUT2D eigenvalue weighted by Gasteiger charge is 2.30. The predicted molar refractivity (Wildman–Crippen MR) is 173 cm³/mol. The van der Waals surface area contributed by atoms with Gasteiger partial charge >= 0.3 is 0 Å². The second kappa shape index (κ2) is 8.47. The van der Waals surface area contributed by atoms with E-state index in [1.165, 1.54) is 77.4 Å². The average Bonchev–Trinajstić information content (AvgIpc) is 3.65. The molecule has 0 N–H and O–H groups in total. The van der Waals surface area contributed by atoms with E-state index >= 15 is 0 Å². The average molecular weight is 515 g/mol. The molecule has 0 amide bonds. The SMILES string of the molecule is CC1(c2ccc3c(c2)[B]c2ccccc2-3)C=CC2=C(C=C1)c1cc[n+](-c3ccc4c(c3)[B]c3ccccc3-4)cc1[B]2. The van der Waals surface area contributed by atoms with Gasteiger partial charge in [0.15, 0.2) is 27.0 Å². The summed E-state index contributed by atoms with van der Waals surface area (Å²) >= 11 is 0. The van der Waals surface area contributed by atoms with Crippen molar-refractivity contribution in [3.05, 3.63) is 144 Å². The first-order valence-corrected chi connectivity index (χ1v) is 14.3. The zero-order valence-electron chi connectivity index (χ0n) is 22.8. The number of rotatable bonds is 2. The highest BCUT2D eigenvalue weighted by molar-refractivity contribution is 6.74. The lowest BCUT2D eigenvalue weighted by Crippen LogP contribution is -2.37. The molecule has 0 spiro atoms. The maximum Gasteiger partial charge on any atom is 0.210 e. The molecule has 0 fully saturated rings. The summed E-state index contributed by atoms with van der Waals surface area (Å²) < 4.78 is 2.25. The van der Waals surface area contributed by atoms with E-state index in [1.54, 1.807) is 0 Å². The number of pyridine rings is 1. The topological polar surface area (TPSA) is 3.88 Å². The number of benzene rings is 4. The van der Waals surface area contributed by atoms with Crippen LogP contribution >= 0.6 is 0 Å². The predicted octanol–water partition coefficient (Wildman–Crippen LogP) is 3.37. The molecule has 1 unspecified atom stereocenters. The maximum atomic E-state index is 2.37. The minimum absolute atomic E-state index is 0.177. The van der Waals surface area contributed by atoms with Crippen molar-refractivity contribution >= 4 is 54.7 Å². The fraction of sp³-hybridized carbons (Fsp3) is 0.0541. The van der Waals surface area contributed by atoms with Gasteiger partial charge in [-0.25, -0.2) is 0 Å². The highest BCUT2D eigenvalue weighted by atomic mass is 14.9. The van der Waals surface area contributed by atoms with E-state index in [9.17, 15) is 0 Å². The summed E-state index contributed by atoms with van der Waals surface area (Å²) in [5, 5.41) is 0. The van der Waals surface area contributed by atoms with E-state index in [1.807, 2.05) is 0 Å². The van der Waals surface area contributed by atoms with Crippen molar-refractivity contribution < 1.29 is 4.57 Å². The molecule has 5 aromatic rings. The second-order valence-electron chi connectivity index (χ2n) is 11.7. The van der Waals surface area contributed by atoms with E-state index in [0.717, 1.165) is 0 Å². The van der Waals surface area contributed by atoms with Gasteiger partial charge in [-0.3, -0.25) is 0 Å². The molecule has 4 aliphatic rings. The summed E-state index contributed by atoms with van der Waals surface area (Å²) in [5.41, 5.74) is 17.9. The van der Waals surface area contributed by atoms with Gasteiger partial charge in [0, 0.05) is 23.6 Å². The summed E-state index contributed by atoms with van der Waals surface area (Å²) in [4.78, 5) is 0. The molecule has 3 aliphatic heterocycles. The van der Waals surface area contributed by atoms with Crippen LogP contribution in [0.25, 0.3) is 33.5 Å². The van der Waals surface area contributed by atoms with Gasteiger partial charge in [0.2, 0.25) is 13.0 Å². The lowest BCUT2D eigenvalue weighted by molar-refractivity contribution is -0.594. The van der Waals surface area contributed by atoms with Crippen molar-refractivity contribution in [3.63, 3.8) is 0 Å². The Bertz CT molecular complexity index is 2050. The van der Waals surface area contributed by atoms with E-state index in [0.29, 0.717) is 0 Å². The fourth-order valence-corrected chi connectivity index (χ4v) is 6.94. The number of hydrogen-bond donors (Lipinski definition) is 0. The molecule has 0 saturated carbocycles. The molecule has 1 aromatic heterocycles. The lowest BCUT2D eigenvalue weighted by atomic mass is 9.66.